The fourth-order valence-corrected chi connectivity index (χ4v) is 5.09. The topological polar surface area (TPSA) is 74.2 Å². The van der Waals surface area contributed by atoms with Gasteiger partial charge in [0.1, 0.15) is 18.0 Å². The number of piperazine rings is 1. The molecule has 3 heterocycles. The fourth-order valence-electron chi connectivity index (χ4n) is 5.09. The maximum absolute atomic E-state index is 15.3. The van der Waals surface area contributed by atoms with Gasteiger partial charge in [-0.1, -0.05) is 19.4 Å². The van der Waals surface area contributed by atoms with E-state index in [-0.39, 0.29) is 11.5 Å². The summed E-state index contributed by atoms with van der Waals surface area (Å²) in [4.78, 5) is 30.8. The predicted octanol–water partition coefficient (Wildman–Crippen LogP) is 4.65. The average Bonchev–Trinajstić information content (AvgIpc) is 2.88. The zero-order chi connectivity index (χ0) is 25.1. The number of aryl methyl sites for hydroxylation is 1. The molecule has 0 unspecified atom stereocenters. The highest BCUT2D eigenvalue weighted by Crippen LogP contribution is 2.34. The van der Waals surface area contributed by atoms with E-state index < -0.39 is 5.82 Å². The van der Waals surface area contributed by atoms with Crippen LogP contribution in [0.1, 0.15) is 49.2 Å². The number of benzene rings is 1. The standard InChI is InChI=1S/C28H33FN6O/c1-3-24-26(20-9-11-25(30-4-2)31-17-20)27(33-18-32-24)19-8-10-22(23(29)16-19)28(36)35-14-12-34(13-15-35)21-6-5-7-21/h8-11,16-18,21H,3-7,12-15H2,1-2H3,(H,30,31). The number of anilines is 1. The van der Waals surface area contributed by atoms with E-state index in [1.165, 1.54) is 31.7 Å². The SMILES string of the molecule is CCNc1ccc(-c2c(CC)ncnc2-c2ccc(C(=O)N3CCN(C4CCC4)CC3)c(F)c2)cn1. The Hall–Kier alpha value is -3.39. The third-order valence-electron chi connectivity index (χ3n) is 7.34. The molecule has 2 fully saturated rings. The Kier molecular flexibility index (Phi) is 7.23. The molecule has 1 aliphatic carbocycles. The van der Waals surface area contributed by atoms with E-state index in [0.717, 1.165) is 42.3 Å². The van der Waals surface area contributed by atoms with Gasteiger partial charge in [0.2, 0.25) is 0 Å². The number of hydrogen-bond acceptors (Lipinski definition) is 6. The molecule has 36 heavy (non-hydrogen) atoms. The van der Waals surface area contributed by atoms with Gasteiger partial charge in [-0.15, -0.1) is 0 Å². The maximum Gasteiger partial charge on any atom is 0.256 e. The Balaban J connectivity index is 1.40. The number of nitrogens with zero attached hydrogens (tertiary/aromatic N) is 5. The molecule has 8 heteroatoms. The number of carbonyl (C=O) groups is 1. The minimum atomic E-state index is -0.526. The summed E-state index contributed by atoms with van der Waals surface area (Å²) < 4.78 is 15.3. The first-order valence-electron chi connectivity index (χ1n) is 13.0. The number of rotatable bonds is 7. The minimum absolute atomic E-state index is 0.110. The normalized spacial score (nSPS) is 16.6. The Morgan fingerprint density at radius 3 is 2.42 bits per heavy atom. The van der Waals surface area contributed by atoms with Gasteiger partial charge < -0.3 is 10.2 Å². The first-order valence-corrected chi connectivity index (χ1v) is 13.0. The average molecular weight is 489 g/mol. The molecule has 3 aromatic rings. The van der Waals surface area contributed by atoms with Gasteiger partial charge in [-0.05, 0) is 50.5 Å². The summed E-state index contributed by atoms with van der Waals surface area (Å²) in [7, 11) is 0. The van der Waals surface area contributed by atoms with Crippen LogP contribution in [0.15, 0.2) is 42.9 Å². The van der Waals surface area contributed by atoms with Crippen molar-refractivity contribution in [3.63, 3.8) is 0 Å². The summed E-state index contributed by atoms with van der Waals surface area (Å²) >= 11 is 0. The zero-order valence-corrected chi connectivity index (χ0v) is 21.0. The van der Waals surface area contributed by atoms with E-state index in [0.29, 0.717) is 36.8 Å². The Morgan fingerprint density at radius 2 is 1.81 bits per heavy atom. The lowest BCUT2D eigenvalue weighted by Crippen LogP contribution is -2.53. The Morgan fingerprint density at radius 1 is 1.03 bits per heavy atom. The van der Waals surface area contributed by atoms with Gasteiger partial charge in [0, 0.05) is 61.7 Å². The van der Waals surface area contributed by atoms with Crippen LogP contribution in [-0.2, 0) is 6.42 Å². The van der Waals surface area contributed by atoms with Crippen LogP contribution in [0.4, 0.5) is 10.2 Å². The number of pyridine rings is 1. The highest BCUT2D eigenvalue weighted by molar-refractivity contribution is 5.95. The molecule has 1 saturated heterocycles. The van der Waals surface area contributed by atoms with Gasteiger partial charge in [-0.3, -0.25) is 9.69 Å². The van der Waals surface area contributed by atoms with Crippen molar-refractivity contribution in [1.82, 2.24) is 24.8 Å². The lowest BCUT2D eigenvalue weighted by Gasteiger charge is -2.42. The molecule has 2 aromatic heterocycles. The number of nitrogens with one attached hydrogen (secondary N) is 1. The molecule has 0 radical (unpaired) electrons. The van der Waals surface area contributed by atoms with Gasteiger partial charge >= 0.3 is 0 Å². The third-order valence-corrected chi connectivity index (χ3v) is 7.34. The number of aromatic nitrogens is 3. The Labute approximate surface area is 211 Å². The number of halogens is 1. The molecule has 1 aliphatic heterocycles. The second kappa shape index (κ2) is 10.7. The first-order chi connectivity index (χ1) is 17.6. The molecule has 188 valence electrons. The minimum Gasteiger partial charge on any atom is -0.370 e. The maximum atomic E-state index is 15.3. The van der Waals surface area contributed by atoms with E-state index in [9.17, 15) is 4.79 Å². The smallest absolute Gasteiger partial charge is 0.256 e. The molecule has 1 aromatic carbocycles. The lowest BCUT2D eigenvalue weighted by atomic mass is 9.91. The molecular weight excluding hydrogens is 455 g/mol. The molecule has 5 rings (SSSR count). The fraction of sp³-hybridized carbons (Fsp3) is 0.429. The van der Waals surface area contributed by atoms with Gasteiger partial charge in [0.05, 0.1) is 17.0 Å². The molecule has 2 aliphatic rings. The quantitative estimate of drug-likeness (QED) is 0.522. The summed E-state index contributed by atoms with van der Waals surface area (Å²) in [5.74, 6) is 0.0231. The number of hydrogen-bond donors (Lipinski definition) is 1. The molecule has 1 saturated carbocycles. The van der Waals surface area contributed by atoms with Crippen molar-refractivity contribution >= 4 is 11.7 Å². The zero-order valence-electron chi connectivity index (χ0n) is 21.0. The van der Waals surface area contributed by atoms with Crippen molar-refractivity contribution in [2.45, 2.75) is 45.6 Å². The van der Waals surface area contributed by atoms with Crippen LogP contribution in [-0.4, -0.2) is 69.4 Å². The molecule has 1 N–H and O–H groups in total. The van der Waals surface area contributed by atoms with Crippen LogP contribution < -0.4 is 5.32 Å². The van der Waals surface area contributed by atoms with Gasteiger partial charge in [-0.2, -0.15) is 0 Å². The van der Waals surface area contributed by atoms with Crippen LogP contribution in [0.2, 0.25) is 0 Å². The number of amides is 1. The van der Waals surface area contributed by atoms with Crippen LogP contribution >= 0.6 is 0 Å². The molecule has 7 nitrogen and oxygen atoms in total. The van der Waals surface area contributed by atoms with E-state index in [2.05, 4.69) is 25.2 Å². The van der Waals surface area contributed by atoms with Crippen molar-refractivity contribution in [3.8, 4) is 22.4 Å². The highest BCUT2D eigenvalue weighted by atomic mass is 19.1. The van der Waals surface area contributed by atoms with Gasteiger partial charge in [0.25, 0.3) is 5.91 Å². The van der Waals surface area contributed by atoms with Crippen LogP contribution in [0.5, 0.6) is 0 Å². The van der Waals surface area contributed by atoms with E-state index >= 15 is 4.39 Å². The first kappa shape index (κ1) is 24.3. The summed E-state index contributed by atoms with van der Waals surface area (Å²) in [5.41, 5.74) is 3.92. The monoisotopic (exact) mass is 488 g/mol. The summed E-state index contributed by atoms with van der Waals surface area (Å²) in [5, 5.41) is 3.20. The van der Waals surface area contributed by atoms with Crippen LogP contribution in [0.25, 0.3) is 22.4 Å². The number of carbonyl (C=O) groups excluding carboxylic acids is 1. The van der Waals surface area contributed by atoms with Gasteiger partial charge in [-0.25, -0.2) is 19.3 Å². The van der Waals surface area contributed by atoms with Crippen molar-refractivity contribution in [1.29, 1.82) is 0 Å². The third kappa shape index (κ3) is 4.82. The molecular formula is C28H33FN6O. The highest BCUT2D eigenvalue weighted by Gasteiger charge is 2.30. The summed E-state index contributed by atoms with van der Waals surface area (Å²) in [6.45, 7) is 7.84. The van der Waals surface area contributed by atoms with Crippen molar-refractivity contribution < 1.29 is 9.18 Å². The second-order valence-electron chi connectivity index (χ2n) is 9.47. The largest absolute Gasteiger partial charge is 0.370 e. The predicted molar refractivity (Wildman–Crippen MR) is 139 cm³/mol. The molecule has 0 spiro atoms. The van der Waals surface area contributed by atoms with Gasteiger partial charge in [0.15, 0.2) is 0 Å². The van der Waals surface area contributed by atoms with E-state index in [1.807, 2.05) is 26.0 Å². The van der Waals surface area contributed by atoms with E-state index in [1.54, 1.807) is 23.2 Å². The van der Waals surface area contributed by atoms with Crippen molar-refractivity contribution in [2.24, 2.45) is 0 Å². The molecule has 0 bridgehead atoms. The summed E-state index contributed by atoms with van der Waals surface area (Å²) in [6.07, 6.45) is 7.81. The molecule has 0 atom stereocenters. The van der Waals surface area contributed by atoms with Crippen molar-refractivity contribution in [3.05, 3.63) is 59.9 Å². The van der Waals surface area contributed by atoms with Crippen LogP contribution in [0, 0.1) is 5.82 Å². The lowest BCUT2D eigenvalue weighted by molar-refractivity contribution is 0.0452. The van der Waals surface area contributed by atoms with Crippen molar-refractivity contribution in [2.75, 3.05) is 38.0 Å². The summed E-state index contributed by atoms with van der Waals surface area (Å²) in [6, 6.07) is 9.36. The van der Waals surface area contributed by atoms with E-state index in [4.69, 9.17) is 0 Å². The molecule has 1 amide bonds. The Bertz CT molecular complexity index is 1220. The second-order valence-corrected chi connectivity index (χ2v) is 9.47. The van der Waals surface area contributed by atoms with Crippen LogP contribution in [0.3, 0.4) is 0 Å².